The molecule has 0 aromatic rings. The van der Waals surface area contributed by atoms with Crippen molar-refractivity contribution in [3.63, 3.8) is 0 Å². The predicted molar refractivity (Wildman–Crippen MR) is 64.9 cm³/mol. The summed E-state index contributed by atoms with van der Waals surface area (Å²) in [6, 6.07) is -0.428. The molecule has 0 radical (unpaired) electrons. The third-order valence-electron chi connectivity index (χ3n) is 4.15. The second-order valence-electron chi connectivity index (χ2n) is 5.55. The molecule has 1 aliphatic carbocycles. The van der Waals surface area contributed by atoms with Gasteiger partial charge in [0.1, 0.15) is 6.04 Å². The summed E-state index contributed by atoms with van der Waals surface area (Å²) in [5.41, 5.74) is 0. The molecule has 4 nitrogen and oxygen atoms in total. The smallest absolute Gasteiger partial charge is 0.323 e. The highest BCUT2D eigenvalue weighted by Crippen LogP contribution is 2.29. The molecule has 1 aliphatic heterocycles. The molecule has 0 spiro atoms. The molecule has 0 aromatic heterocycles. The number of hydrogen-bond acceptors (Lipinski definition) is 3. The number of carboxylic acids is 1. The van der Waals surface area contributed by atoms with E-state index in [9.17, 15) is 4.79 Å². The van der Waals surface area contributed by atoms with Gasteiger partial charge < -0.3 is 9.84 Å². The summed E-state index contributed by atoms with van der Waals surface area (Å²) in [4.78, 5) is 13.2. The van der Waals surface area contributed by atoms with Crippen LogP contribution in [0.2, 0.25) is 0 Å². The van der Waals surface area contributed by atoms with E-state index in [1.54, 1.807) is 0 Å². The second-order valence-corrected chi connectivity index (χ2v) is 5.55. The first kappa shape index (κ1) is 12.8. The highest BCUT2D eigenvalue weighted by molar-refractivity contribution is 5.73. The summed E-state index contributed by atoms with van der Waals surface area (Å²) < 4.78 is 5.26. The van der Waals surface area contributed by atoms with Gasteiger partial charge in [0.2, 0.25) is 0 Å². The first-order valence-corrected chi connectivity index (χ1v) is 6.71. The Kier molecular flexibility index (Phi) is 4.40. The van der Waals surface area contributed by atoms with Crippen LogP contribution in [-0.4, -0.2) is 48.3 Å². The Morgan fingerprint density at radius 3 is 2.71 bits per heavy atom. The summed E-state index contributed by atoms with van der Waals surface area (Å²) in [5, 5.41) is 9.16. The molecule has 4 heteroatoms. The molecular formula is C13H23NO3. The predicted octanol–water partition coefficient (Wildman–Crippen LogP) is 1.60. The van der Waals surface area contributed by atoms with E-state index in [1.807, 2.05) is 0 Å². The zero-order valence-corrected chi connectivity index (χ0v) is 10.6. The van der Waals surface area contributed by atoms with Gasteiger partial charge in [-0.3, -0.25) is 9.69 Å². The van der Waals surface area contributed by atoms with Crippen molar-refractivity contribution in [2.45, 2.75) is 38.6 Å². The Morgan fingerprint density at radius 2 is 2.06 bits per heavy atom. The van der Waals surface area contributed by atoms with Crippen LogP contribution >= 0.6 is 0 Å². The number of hydrogen-bond donors (Lipinski definition) is 1. The maximum Gasteiger partial charge on any atom is 0.323 e. The van der Waals surface area contributed by atoms with E-state index in [4.69, 9.17) is 9.84 Å². The maximum atomic E-state index is 11.1. The van der Waals surface area contributed by atoms with Crippen LogP contribution < -0.4 is 0 Å². The number of morpholine rings is 1. The Labute approximate surface area is 103 Å². The van der Waals surface area contributed by atoms with Crippen molar-refractivity contribution in [1.82, 2.24) is 4.90 Å². The van der Waals surface area contributed by atoms with Crippen LogP contribution in [0.3, 0.4) is 0 Å². The zero-order chi connectivity index (χ0) is 12.3. The summed E-state index contributed by atoms with van der Waals surface area (Å²) in [5.74, 6) is 0.797. The molecule has 0 amide bonds. The average molecular weight is 241 g/mol. The number of ether oxygens (including phenoxy) is 1. The molecule has 0 bridgehead atoms. The number of rotatable bonds is 3. The largest absolute Gasteiger partial charge is 0.480 e. The summed E-state index contributed by atoms with van der Waals surface area (Å²) in [6.45, 7) is 5.03. The maximum absolute atomic E-state index is 11.1. The van der Waals surface area contributed by atoms with E-state index in [0.717, 1.165) is 19.0 Å². The van der Waals surface area contributed by atoms with Crippen LogP contribution in [0.25, 0.3) is 0 Å². The molecule has 2 aliphatic rings. The van der Waals surface area contributed by atoms with Gasteiger partial charge in [-0.15, -0.1) is 0 Å². The van der Waals surface area contributed by atoms with E-state index in [-0.39, 0.29) is 0 Å². The van der Waals surface area contributed by atoms with Gasteiger partial charge in [0, 0.05) is 13.1 Å². The third kappa shape index (κ3) is 3.42. The van der Waals surface area contributed by atoms with E-state index in [1.165, 1.54) is 25.7 Å². The molecule has 0 aromatic carbocycles. The SMILES string of the molecule is CC1CCC(CN2CCOCC2C(=O)O)CC1. The van der Waals surface area contributed by atoms with Crippen LogP contribution in [0.4, 0.5) is 0 Å². The molecule has 1 unspecified atom stereocenters. The van der Waals surface area contributed by atoms with Gasteiger partial charge in [0.15, 0.2) is 0 Å². The van der Waals surface area contributed by atoms with Crippen molar-refractivity contribution >= 4 is 5.97 Å². The lowest BCUT2D eigenvalue weighted by molar-refractivity contribution is -0.150. The molecule has 1 saturated heterocycles. The van der Waals surface area contributed by atoms with Crippen molar-refractivity contribution in [3.05, 3.63) is 0 Å². The molecule has 98 valence electrons. The quantitative estimate of drug-likeness (QED) is 0.815. The third-order valence-corrected chi connectivity index (χ3v) is 4.15. The number of aliphatic carboxylic acids is 1. The van der Waals surface area contributed by atoms with E-state index in [0.29, 0.717) is 19.1 Å². The number of carbonyl (C=O) groups is 1. The van der Waals surface area contributed by atoms with Crippen LogP contribution in [-0.2, 0) is 9.53 Å². The summed E-state index contributed by atoms with van der Waals surface area (Å²) >= 11 is 0. The normalized spacial score (nSPS) is 35.7. The molecule has 1 N–H and O–H groups in total. The Hall–Kier alpha value is -0.610. The first-order valence-electron chi connectivity index (χ1n) is 6.71. The molecular weight excluding hydrogens is 218 g/mol. The summed E-state index contributed by atoms with van der Waals surface area (Å²) in [6.07, 6.45) is 5.11. The van der Waals surface area contributed by atoms with E-state index < -0.39 is 12.0 Å². The van der Waals surface area contributed by atoms with Crippen LogP contribution in [0.5, 0.6) is 0 Å². The molecule has 17 heavy (non-hydrogen) atoms. The average Bonchev–Trinajstić information content (AvgIpc) is 2.32. The van der Waals surface area contributed by atoms with Crippen molar-refractivity contribution in [1.29, 1.82) is 0 Å². The lowest BCUT2D eigenvalue weighted by Crippen LogP contribution is -2.51. The Bertz CT molecular complexity index is 261. The van der Waals surface area contributed by atoms with Gasteiger partial charge in [-0.1, -0.05) is 19.8 Å². The molecule has 1 saturated carbocycles. The molecule has 2 fully saturated rings. The Morgan fingerprint density at radius 1 is 1.35 bits per heavy atom. The monoisotopic (exact) mass is 241 g/mol. The molecule has 1 heterocycles. The van der Waals surface area contributed by atoms with Crippen molar-refractivity contribution < 1.29 is 14.6 Å². The van der Waals surface area contributed by atoms with Crippen LogP contribution in [0, 0.1) is 11.8 Å². The van der Waals surface area contributed by atoms with Gasteiger partial charge >= 0.3 is 5.97 Å². The van der Waals surface area contributed by atoms with E-state index in [2.05, 4.69) is 11.8 Å². The highest BCUT2D eigenvalue weighted by atomic mass is 16.5. The lowest BCUT2D eigenvalue weighted by atomic mass is 9.82. The van der Waals surface area contributed by atoms with Gasteiger partial charge in [-0.05, 0) is 24.7 Å². The standard InChI is InChI=1S/C13H23NO3/c1-10-2-4-11(5-3-10)8-14-6-7-17-9-12(14)13(15)16/h10-12H,2-9H2,1H3,(H,15,16). The fourth-order valence-corrected chi connectivity index (χ4v) is 2.93. The minimum absolute atomic E-state index is 0.346. The fraction of sp³-hybridized carbons (Fsp3) is 0.923. The molecule has 2 rings (SSSR count). The first-order chi connectivity index (χ1) is 8.16. The fourth-order valence-electron chi connectivity index (χ4n) is 2.93. The lowest BCUT2D eigenvalue weighted by Gasteiger charge is -2.37. The van der Waals surface area contributed by atoms with Gasteiger partial charge in [-0.2, -0.15) is 0 Å². The van der Waals surface area contributed by atoms with Crippen molar-refractivity contribution in [2.75, 3.05) is 26.3 Å². The summed E-state index contributed by atoms with van der Waals surface area (Å²) in [7, 11) is 0. The topological polar surface area (TPSA) is 49.8 Å². The Balaban J connectivity index is 1.85. The van der Waals surface area contributed by atoms with Gasteiger partial charge in [-0.25, -0.2) is 0 Å². The van der Waals surface area contributed by atoms with Crippen molar-refractivity contribution in [2.24, 2.45) is 11.8 Å². The van der Waals surface area contributed by atoms with Gasteiger partial charge in [0.05, 0.1) is 13.2 Å². The highest BCUT2D eigenvalue weighted by Gasteiger charge is 2.31. The molecule has 1 atom stereocenters. The second kappa shape index (κ2) is 5.83. The van der Waals surface area contributed by atoms with Crippen molar-refractivity contribution in [3.8, 4) is 0 Å². The van der Waals surface area contributed by atoms with E-state index >= 15 is 0 Å². The number of carboxylic acid groups (broad SMARTS) is 1. The minimum Gasteiger partial charge on any atom is -0.480 e. The number of nitrogens with zero attached hydrogens (tertiary/aromatic N) is 1. The minimum atomic E-state index is -0.742. The van der Waals surface area contributed by atoms with Crippen LogP contribution in [0.15, 0.2) is 0 Å². The van der Waals surface area contributed by atoms with Gasteiger partial charge in [0.25, 0.3) is 0 Å². The zero-order valence-electron chi connectivity index (χ0n) is 10.6. The van der Waals surface area contributed by atoms with Crippen LogP contribution in [0.1, 0.15) is 32.6 Å².